The Bertz CT molecular complexity index is 915. The fraction of sp³-hybridized carbons (Fsp3) is 0.0588. The van der Waals surface area contributed by atoms with E-state index in [4.69, 9.17) is 23.8 Å². The van der Waals surface area contributed by atoms with Gasteiger partial charge in [-0.05, 0) is 64.0 Å². The van der Waals surface area contributed by atoms with Crippen LogP contribution in [0.15, 0.2) is 59.3 Å². The third-order valence-electron chi connectivity index (χ3n) is 3.31. The molecule has 0 aliphatic heterocycles. The van der Waals surface area contributed by atoms with Gasteiger partial charge in [-0.25, -0.2) is 4.39 Å². The summed E-state index contributed by atoms with van der Waals surface area (Å²) in [5.74, 6) is -0.468. The quantitative estimate of drug-likeness (QED) is 0.542. The van der Waals surface area contributed by atoms with E-state index < -0.39 is 5.82 Å². The van der Waals surface area contributed by atoms with Crippen LogP contribution >= 0.6 is 39.7 Å². The van der Waals surface area contributed by atoms with Crippen molar-refractivity contribution in [1.29, 1.82) is 0 Å². The molecule has 4 nitrogen and oxygen atoms in total. The first kappa shape index (κ1) is 17.8. The fourth-order valence-corrected chi connectivity index (χ4v) is 2.97. The first-order valence-corrected chi connectivity index (χ1v) is 8.87. The predicted molar refractivity (Wildman–Crippen MR) is 107 cm³/mol. The maximum atomic E-state index is 13.2. The minimum absolute atomic E-state index is 0.0418. The summed E-state index contributed by atoms with van der Waals surface area (Å²) in [6.07, 6.45) is 3.65. The van der Waals surface area contributed by atoms with Crippen LogP contribution in [0.2, 0.25) is 5.02 Å². The van der Waals surface area contributed by atoms with Crippen molar-refractivity contribution in [3.8, 4) is 0 Å². The van der Waals surface area contributed by atoms with Gasteiger partial charge >= 0.3 is 0 Å². The molecule has 0 saturated carbocycles. The van der Waals surface area contributed by atoms with Crippen LogP contribution in [0.25, 0.3) is 0 Å². The second-order valence-corrected chi connectivity index (χ2v) is 7.00. The Hall–Kier alpha value is -1.96. The van der Waals surface area contributed by atoms with Crippen molar-refractivity contribution in [2.24, 2.45) is 0 Å². The third-order valence-corrected chi connectivity index (χ3v) is 4.21. The molecule has 8 heteroatoms. The SMILES string of the molecule is Fc1ccc(NC(=S)Nc2cccc(Cn3cc(Br)cn3)c2)cc1Cl. The average Bonchev–Trinajstić information content (AvgIpc) is 2.96. The number of halogens is 3. The number of nitrogens with one attached hydrogen (secondary N) is 2. The molecule has 2 N–H and O–H groups in total. The highest BCUT2D eigenvalue weighted by atomic mass is 79.9. The van der Waals surface area contributed by atoms with Gasteiger partial charge in [0.1, 0.15) is 5.82 Å². The lowest BCUT2D eigenvalue weighted by atomic mass is 10.2. The highest BCUT2D eigenvalue weighted by molar-refractivity contribution is 9.10. The van der Waals surface area contributed by atoms with Gasteiger partial charge in [-0.3, -0.25) is 4.68 Å². The molecular formula is C17H13BrClFN4S. The minimum atomic E-state index is -0.468. The number of rotatable bonds is 4. The van der Waals surface area contributed by atoms with Gasteiger partial charge in [-0.1, -0.05) is 23.7 Å². The van der Waals surface area contributed by atoms with Crippen molar-refractivity contribution >= 4 is 56.2 Å². The topological polar surface area (TPSA) is 41.9 Å². The molecule has 0 atom stereocenters. The predicted octanol–water partition coefficient (Wildman–Crippen LogP) is 5.30. The summed E-state index contributed by atoms with van der Waals surface area (Å²) in [5, 5.41) is 10.8. The fourth-order valence-electron chi connectivity index (χ4n) is 2.23. The van der Waals surface area contributed by atoms with Gasteiger partial charge in [0.05, 0.1) is 22.2 Å². The molecule has 0 aliphatic carbocycles. The molecule has 0 radical (unpaired) electrons. The van der Waals surface area contributed by atoms with E-state index >= 15 is 0 Å². The van der Waals surface area contributed by atoms with Gasteiger partial charge in [0, 0.05) is 17.6 Å². The molecule has 0 aliphatic rings. The zero-order valence-corrected chi connectivity index (χ0v) is 16.0. The lowest BCUT2D eigenvalue weighted by molar-refractivity contribution is 0.628. The van der Waals surface area contributed by atoms with E-state index in [1.807, 2.05) is 35.1 Å². The average molecular weight is 440 g/mol. The monoisotopic (exact) mass is 438 g/mol. The number of benzene rings is 2. The number of anilines is 2. The molecule has 0 unspecified atom stereocenters. The van der Waals surface area contributed by atoms with Crippen molar-refractivity contribution in [2.45, 2.75) is 6.54 Å². The molecule has 3 aromatic rings. The summed E-state index contributed by atoms with van der Waals surface area (Å²) in [5.41, 5.74) is 2.53. The Morgan fingerprint density at radius 2 is 1.96 bits per heavy atom. The Balaban J connectivity index is 1.64. The summed E-state index contributed by atoms with van der Waals surface area (Å²) in [6, 6.07) is 12.2. The highest BCUT2D eigenvalue weighted by Crippen LogP contribution is 2.20. The van der Waals surface area contributed by atoms with Crippen LogP contribution in [0.1, 0.15) is 5.56 Å². The van der Waals surface area contributed by atoms with Crippen molar-refractivity contribution in [3.63, 3.8) is 0 Å². The van der Waals surface area contributed by atoms with E-state index in [-0.39, 0.29) is 5.02 Å². The normalized spacial score (nSPS) is 10.5. The van der Waals surface area contributed by atoms with Crippen molar-refractivity contribution in [3.05, 3.63) is 75.7 Å². The molecular weight excluding hydrogens is 427 g/mol. The minimum Gasteiger partial charge on any atom is -0.332 e. The Labute approximate surface area is 163 Å². The maximum Gasteiger partial charge on any atom is 0.175 e. The second-order valence-electron chi connectivity index (χ2n) is 5.26. The van der Waals surface area contributed by atoms with Gasteiger partial charge in [-0.2, -0.15) is 5.10 Å². The van der Waals surface area contributed by atoms with Gasteiger partial charge in [0.15, 0.2) is 5.11 Å². The third kappa shape index (κ3) is 5.01. The summed E-state index contributed by atoms with van der Waals surface area (Å²) >= 11 is 14.4. The zero-order chi connectivity index (χ0) is 17.8. The van der Waals surface area contributed by atoms with Crippen LogP contribution in [-0.2, 0) is 6.54 Å². The molecule has 0 bridgehead atoms. The van der Waals surface area contributed by atoms with E-state index in [2.05, 4.69) is 31.7 Å². The summed E-state index contributed by atoms with van der Waals surface area (Å²) in [7, 11) is 0. The Morgan fingerprint density at radius 1 is 1.20 bits per heavy atom. The van der Waals surface area contributed by atoms with Gasteiger partial charge in [0.2, 0.25) is 0 Å². The lowest BCUT2D eigenvalue weighted by Crippen LogP contribution is -2.19. The van der Waals surface area contributed by atoms with Gasteiger partial charge in [-0.15, -0.1) is 0 Å². The molecule has 1 aromatic heterocycles. The highest BCUT2D eigenvalue weighted by Gasteiger charge is 2.04. The van der Waals surface area contributed by atoms with Gasteiger partial charge in [0.25, 0.3) is 0 Å². The van der Waals surface area contributed by atoms with E-state index in [1.54, 1.807) is 12.3 Å². The molecule has 2 aromatic carbocycles. The van der Waals surface area contributed by atoms with Crippen LogP contribution < -0.4 is 10.6 Å². The largest absolute Gasteiger partial charge is 0.332 e. The number of hydrogen-bond donors (Lipinski definition) is 2. The Morgan fingerprint density at radius 3 is 2.64 bits per heavy atom. The molecule has 0 saturated heterocycles. The van der Waals surface area contributed by atoms with Crippen molar-refractivity contribution in [2.75, 3.05) is 10.6 Å². The van der Waals surface area contributed by atoms with E-state index in [0.717, 1.165) is 15.7 Å². The molecule has 0 amide bonds. The van der Waals surface area contributed by atoms with Crippen LogP contribution in [0.5, 0.6) is 0 Å². The van der Waals surface area contributed by atoms with E-state index in [1.165, 1.54) is 12.1 Å². The summed E-state index contributed by atoms with van der Waals surface area (Å²) < 4.78 is 16.0. The summed E-state index contributed by atoms with van der Waals surface area (Å²) in [6.45, 7) is 0.648. The van der Waals surface area contributed by atoms with Crippen LogP contribution in [0, 0.1) is 5.82 Å². The number of thiocarbonyl (C=S) groups is 1. The summed E-state index contributed by atoms with van der Waals surface area (Å²) in [4.78, 5) is 0. The number of nitrogens with zero attached hydrogens (tertiary/aromatic N) is 2. The van der Waals surface area contributed by atoms with Crippen LogP contribution in [-0.4, -0.2) is 14.9 Å². The first-order chi connectivity index (χ1) is 12.0. The number of hydrogen-bond acceptors (Lipinski definition) is 2. The van der Waals surface area contributed by atoms with Gasteiger partial charge < -0.3 is 10.6 Å². The molecule has 25 heavy (non-hydrogen) atoms. The second kappa shape index (κ2) is 7.95. The van der Waals surface area contributed by atoms with Crippen molar-refractivity contribution in [1.82, 2.24) is 9.78 Å². The van der Waals surface area contributed by atoms with Crippen molar-refractivity contribution < 1.29 is 4.39 Å². The maximum absolute atomic E-state index is 13.2. The Kier molecular flexibility index (Phi) is 5.67. The zero-order valence-electron chi connectivity index (χ0n) is 12.8. The molecule has 0 fully saturated rings. The van der Waals surface area contributed by atoms with E-state index in [0.29, 0.717) is 17.3 Å². The first-order valence-electron chi connectivity index (χ1n) is 7.29. The standard InChI is InChI=1S/C17H13BrClFN4S/c18-12-8-21-24(10-12)9-11-2-1-3-13(6-11)22-17(25)23-14-4-5-16(20)15(19)7-14/h1-8,10H,9H2,(H2,22,23,25). The smallest absolute Gasteiger partial charge is 0.175 e. The van der Waals surface area contributed by atoms with Crippen LogP contribution in [0.4, 0.5) is 15.8 Å². The van der Waals surface area contributed by atoms with E-state index in [9.17, 15) is 4.39 Å². The molecule has 1 heterocycles. The molecule has 128 valence electrons. The molecule has 0 spiro atoms. The van der Waals surface area contributed by atoms with Crippen LogP contribution in [0.3, 0.4) is 0 Å². The molecule has 3 rings (SSSR count). The lowest BCUT2D eigenvalue weighted by Gasteiger charge is -2.12. The number of aromatic nitrogens is 2.